The van der Waals surface area contributed by atoms with E-state index in [1.807, 2.05) is 5.43 Å². The molecule has 1 aromatic carbocycles. The second-order valence-corrected chi connectivity index (χ2v) is 2.64. The number of ether oxygens (including phenoxy) is 1. The van der Waals surface area contributed by atoms with Crippen LogP contribution in [-0.4, -0.2) is 24.2 Å². The van der Waals surface area contributed by atoms with Gasteiger partial charge in [0.05, 0.1) is 0 Å². The number of carbonyl (C=O) groups is 2. The third kappa shape index (κ3) is 3.55. The number of benzene rings is 1. The van der Waals surface area contributed by atoms with Crippen molar-refractivity contribution in [3.63, 3.8) is 0 Å². The summed E-state index contributed by atoms with van der Waals surface area (Å²) in [5.41, 5.74) is 1.94. The number of hydrazine groups is 1. The monoisotopic (exact) mass is 209 g/mol. The summed E-state index contributed by atoms with van der Waals surface area (Å²) in [7, 11) is 1.13. The van der Waals surface area contributed by atoms with E-state index in [1.54, 1.807) is 30.3 Å². The number of nitrogens with one attached hydrogen (secondary N) is 1. The Kier molecular flexibility index (Phi) is 3.50. The summed E-state index contributed by atoms with van der Waals surface area (Å²) < 4.78 is 4.75. The molecule has 1 N–H and O–H groups in total. The fourth-order valence-corrected chi connectivity index (χ4v) is 0.801. The van der Waals surface area contributed by atoms with E-state index in [4.69, 9.17) is 4.74 Å². The average Bonchev–Trinajstić information content (AvgIpc) is 2.18. The molecule has 6 nitrogen and oxygen atoms in total. The van der Waals surface area contributed by atoms with Gasteiger partial charge in [0.25, 0.3) is 0 Å². The number of amides is 2. The third-order valence-electron chi connectivity index (χ3n) is 1.49. The summed E-state index contributed by atoms with van der Waals surface area (Å²) >= 11 is 0. The first-order valence-corrected chi connectivity index (χ1v) is 4.08. The maximum Gasteiger partial charge on any atom is 0.471 e. The van der Waals surface area contributed by atoms with E-state index in [0.29, 0.717) is 10.8 Å². The molecule has 2 amide bonds. The molecule has 0 bridgehead atoms. The summed E-state index contributed by atoms with van der Waals surface area (Å²) in [5, 5.41) is 10.7. The molecular weight excluding hydrogens is 200 g/mol. The zero-order valence-electron chi connectivity index (χ0n) is 7.97. The first-order chi connectivity index (χ1) is 7.09. The number of hydrogen-bond donors (Lipinski definition) is 1. The molecule has 15 heavy (non-hydrogen) atoms. The van der Waals surface area contributed by atoms with Crippen molar-refractivity contribution in [3.8, 4) is 5.75 Å². The van der Waals surface area contributed by atoms with E-state index < -0.39 is 12.2 Å². The second kappa shape index (κ2) is 4.85. The molecule has 0 saturated carbocycles. The minimum absolute atomic E-state index is 0.321. The van der Waals surface area contributed by atoms with Crippen LogP contribution in [0.25, 0.3) is 0 Å². The van der Waals surface area contributed by atoms with Crippen molar-refractivity contribution in [1.29, 1.82) is 0 Å². The molecule has 0 aromatic heterocycles. The second-order valence-electron chi connectivity index (χ2n) is 2.64. The molecule has 0 atom stereocenters. The lowest BCUT2D eigenvalue weighted by molar-refractivity contribution is 0.105. The van der Waals surface area contributed by atoms with E-state index >= 15 is 0 Å². The summed E-state index contributed by atoms with van der Waals surface area (Å²) in [6.07, 6.45) is -2.42. The Morgan fingerprint density at radius 1 is 1.27 bits per heavy atom. The number of para-hydroxylation sites is 1. The van der Waals surface area contributed by atoms with Crippen LogP contribution in [0.5, 0.6) is 5.75 Å². The number of nitrogens with zero attached hydrogens (tertiary/aromatic N) is 1. The highest BCUT2D eigenvalue weighted by molar-refractivity contribution is 5.74. The van der Waals surface area contributed by atoms with Gasteiger partial charge in [0.15, 0.2) is 0 Å². The smallest absolute Gasteiger partial charge is 0.409 e. The lowest BCUT2D eigenvalue weighted by atomic mass is 10.3. The van der Waals surface area contributed by atoms with Crippen molar-refractivity contribution in [2.24, 2.45) is 0 Å². The largest absolute Gasteiger partial charge is 0.471 e. The van der Waals surface area contributed by atoms with E-state index in [-0.39, 0.29) is 0 Å². The Hall–Kier alpha value is -2.24. The van der Waals surface area contributed by atoms with Crippen molar-refractivity contribution >= 4 is 12.2 Å². The molecule has 0 spiro atoms. The number of hydrogen-bond acceptors (Lipinski definition) is 3. The molecular formula is C9H9N2O4. The molecule has 0 saturated heterocycles. The minimum atomic E-state index is -1.53. The van der Waals surface area contributed by atoms with Gasteiger partial charge >= 0.3 is 12.2 Å². The molecule has 1 rings (SSSR count). The Morgan fingerprint density at radius 3 is 2.40 bits per heavy atom. The van der Waals surface area contributed by atoms with Crippen LogP contribution >= 0.6 is 0 Å². The molecule has 0 aliphatic rings. The van der Waals surface area contributed by atoms with Gasteiger partial charge in [0.2, 0.25) is 0 Å². The van der Waals surface area contributed by atoms with Crippen LogP contribution < -0.4 is 10.2 Å². The number of rotatable bonds is 1. The molecule has 6 heteroatoms. The fraction of sp³-hybridized carbons (Fsp3) is 0.111. The maximum atomic E-state index is 11.1. The fourth-order valence-electron chi connectivity index (χ4n) is 0.801. The van der Waals surface area contributed by atoms with Crippen LogP contribution in [-0.2, 0) is 5.11 Å². The predicted octanol–water partition coefficient (Wildman–Crippen LogP) is 1.17. The molecule has 1 radical (unpaired) electrons. The third-order valence-corrected chi connectivity index (χ3v) is 1.49. The summed E-state index contributed by atoms with van der Waals surface area (Å²) in [6.45, 7) is 0. The molecule has 1 aromatic rings. The Bertz CT molecular complexity index is 352. The topological polar surface area (TPSA) is 78.5 Å². The highest BCUT2D eigenvalue weighted by Gasteiger charge is 2.12. The molecule has 0 aliphatic carbocycles. The van der Waals surface area contributed by atoms with Crippen LogP contribution in [0.3, 0.4) is 0 Å². The van der Waals surface area contributed by atoms with Gasteiger partial charge in [-0.1, -0.05) is 18.2 Å². The van der Waals surface area contributed by atoms with E-state index in [2.05, 4.69) is 0 Å². The summed E-state index contributed by atoms with van der Waals surface area (Å²) in [5.74, 6) is 0.321. The minimum Gasteiger partial charge on any atom is -0.409 e. The van der Waals surface area contributed by atoms with Crippen LogP contribution in [0.4, 0.5) is 9.59 Å². The van der Waals surface area contributed by atoms with Gasteiger partial charge in [-0.25, -0.2) is 25.1 Å². The molecule has 0 aliphatic heterocycles. The van der Waals surface area contributed by atoms with E-state index in [1.165, 1.54) is 0 Å². The van der Waals surface area contributed by atoms with Crippen LogP contribution in [0.15, 0.2) is 30.3 Å². The predicted molar refractivity (Wildman–Crippen MR) is 49.4 cm³/mol. The van der Waals surface area contributed by atoms with Crippen LogP contribution in [0.2, 0.25) is 0 Å². The average molecular weight is 209 g/mol. The zero-order valence-corrected chi connectivity index (χ0v) is 7.97. The SMILES string of the molecule is CN(NC(=O)Oc1ccccc1)C([O])=O. The highest BCUT2D eigenvalue weighted by Crippen LogP contribution is 2.07. The van der Waals surface area contributed by atoms with Gasteiger partial charge < -0.3 is 4.74 Å². The van der Waals surface area contributed by atoms with Crippen molar-refractivity contribution in [3.05, 3.63) is 30.3 Å². The van der Waals surface area contributed by atoms with Crippen molar-refractivity contribution in [2.45, 2.75) is 0 Å². The van der Waals surface area contributed by atoms with Crippen LogP contribution in [0, 0.1) is 0 Å². The zero-order chi connectivity index (χ0) is 11.3. The van der Waals surface area contributed by atoms with E-state index in [9.17, 15) is 14.7 Å². The molecule has 79 valence electrons. The lowest BCUT2D eigenvalue weighted by Gasteiger charge is -2.12. The first-order valence-electron chi connectivity index (χ1n) is 4.08. The Morgan fingerprint density at radius 2 is 1.87 bits per heavy atom. The Balaban J connectivity index is 2.47. The molecule has 0 unspecified atom stereocenters. The normalized spacial score (nSPS) is 9.13. The van der Waals surface area contributed by atoms with Gasteiger partial charge in [-0.15, -0.1) is 0 Å². The first kappa shape index (κ1) is 10.8. The highest BCUT2D eigenvalue weighted by atomic mass is 16.6. The van der Waals surface area contributed by atoms with Gasteiger partial charge in [-0.05, 0) is 12.1 Å². The Labute approximate surface area is 86.0 Å². The lowest BCUT2D eigenvalue weighted by Crippen LogP contribution is -2.43. The van der Waals surface area contributed by atoms with Crippen LogP contribution in [0.1, 0.15) is 0 Å². The standard InChI is InChI=1S/C9H9N2O4/c1-11(9(13)14)10-8(12)15-7-5-3-2-4-6-7/h2-6H,1H3,(H,10,12). The summed E-state index contributed by atoms with van der Waals surface area (Å²) in [6, 6.07) is 8.27. The van der Waals surface area contributed by atoms with Crippen molar-refractivity contribution in [1.82, 2.24) is 10.4 Å². The van der Waals surface area contributed by atoms with Gasteiger partial charge in [-0.3, -0.25) is 0 Å². The molecule has 0 heterocycles. The van der Waals surface area contributed by atoms with Gasteiger partial charge in [0.1, 0.15) is 5.75 Å². The quantitative estimate of drug-likeness (QED) is 0.705. The summed E-state index contributed by atoms with van der Waals surface area (Å²) in [4.78, 5) is 21.3. The van der Waals surface area contributed by atoms with E-state index in [0.717, 1.165) is 7.05 Å². The van der Waals surface area contributed by atoms with Gasteiger partial charge in [-0.2, -0.15) is 0 Å². The van der Waals surface area contributed by atoms with Gasteiger partial charge in [0, 0.05) is 7.05 Å². The molecule has 0 fully saturated rings. The van der Waals surface area contributed by atoms with Crippen molar-refractivity contribution in [2.75, 3.05) is 7.05 Å². The van der Waals surface area contributed by atoms with Crippen molar-refractivity contribution < 1.29 is 19.4 Å². The number of carbonyl (C=O) groups excluding carboxylic acids is 2. The maximum absolute atomic E-state index is 11.1.